The molecule has 6 nitrogen and oxygen atoms in total. The molecule has 0 radical (unpaired) electrons. The predicted molar refractivity (Wildman–Crippen MR) is 109 cm³/mol. The predicted octanol–water partition coefficient (Wildman–Crippen LogP) is 3.02. The molecule has 0 aromatic heterocycles. The molecule has 152 valence electrons. The first kappa shape index (κ1) is 20.6. The van der Waals surface area contributed by atoms with Crippen LogP contribution >= 0.6 is 0 Å². The van der Waals surface area contributed by atoms with E-state index in [1.165, 1.54) is 0 Å². The highest BCUT2D eigenvalue weighted by molar-refractivity contribution is 5.88. The fourth-order valence-corrected chi connectivity index (χ4v) is 3.54. The summed E-state index contributed by atoms with van der Waals surface area (Å²) in [5.74, 6) is -1.50. The molecule has 6 heteroatoms. The lowest BCUT2D eigenvalue weighted by Gasteiger charge is -2.25. The number of amides is 2. The minimum atomic E-state index is -0.548. The van der Waals surface area contributed by atoms with Crippen molar-refractivity contribution in [3.8, 4) is 0 Å². The van der Waals surface area contributed by atoms with Crippen molar-refractivity contribution in [1.29, 1.82) is 0 Å². The van der Waals surface area contributed by atoms with Crippen LogP contribution in [0.5, 0.6) is 0 Å². The Morgan fingerprint density at radius 2 is 1.62 bits per heavy atom. The summed E-state index contributed by atoms with van der Waals surface area (Å²) in [6.07, 6.45) is 0.109. The zero-order valence-electron chi connectivity index (χ0n) is 16.7. The number of nitrogens with zero attached hydrogens (tertiary/aromatic N) is 1. The minimum absolute atomic E-state index is 0.0783. The fraction of sp³-hybridized carbons (Fsp3) is 0.348. The summed E-state index contributed by atoms with van der Waals surface area (Å²) < 4.78 is 5.18. The summed E-state index contributed by atoms with van der Waals surface area (Å²) in [5, 5.41) is 2.81. The Kier molecular flexibility index (Phi) is 6.65. The number of likely N-dealkylation sites (tertiary alicyclic amines) is 1. The number of hydrogen-bond acceptors (Lipinski definition) is 4. The highest BCUT2D eigenvalue weighted by atomic mass is 16.5. The normalized spacial score (nSPS) is 18.2. The molecule has 1 heterocycles. The van der Waals surface area contributed by atoms with Crippen LogP contribution in [0.4, 0.5) is 0 Å². The van der Waals surface area contributed by atoms with Gasteiger partial charge in [0.15, 0.2) is 6.61 Å². The molecule has 3 atom stereocenters. The highest BCUT2D eigenvalue weighted by Crippen LogP contribution is 2.29. The van der Waals surface area contributed by atoms with Crippen LogP contribution in [0.25, 0.3) is 0 Å². The standard InChI is InChI=1S/C23H26N2O4/c1-16(18-9-5-3-6-10-18)24-21(26)15-29-23(28)20-13-22(27)25(14-20)17(2)19-11-7-4-8-12-19/h3-12,16-17,20H,13-15H2,1-2H3,(H,24,26)/t16-,17+,20+/m1/s1. The van der Waals surface area contributed by atoms with Crippen molar-refractivity contribution in [2.75, 3.05) is 13.2 Å². The first-order chi connectivity index (χ1) is 14.0. The van der Waals surface area contributed by atoms with Gasteiger partial charge in [0.2, 0.25) is 5.91 Å². The number of carbonyl (C=O) groups excluding carboxylic acids is 3. The van der Waals surface area contributed by atoms with Gasteiger partial charge in [0, 0.05) is 13.0 Å². The van der Waals surface area contributed by atoms with E-state index in [0.29, 0.717) is 6.54 Å². The van der Waals surface area contributed by atoms with Crippen LogP contribution in [0.2, 0.25) is 0 Å². The van der Waals surface area contributed by atoms with Gasteiger partial charge < -0.3 is 15.0 Å². The van der Waals surface area contributed by atoms with Gasteiger partial charge in [-0.1, -0.05) is 60.7 Å². The van der Waals surface area contributed by atoms with Gasteiger partial charge in [-0.15, -0.1) is 0 Å². The van der Waals surface area contributed by atoms with E-state index in [-0.39, 0.29) is 36.9 Å². The Balaban J connectivity index is 1.48. The summed E-state index contributed by atoms with van der Waals surface area (Å²) >= 11 is 0. The first-order valence-corrected chi connectivity index (χ1v) is 9.81. The zero-order chi connectivity index (χ0) is 20.8. The van der Waals surface area contributed by atoms with Gasteiger partial charge >= 0.3 is 5.97 Å². The molecule has 0 aliphatic carbocycles. The van der Waals surface area contributed by atoms with E-state index < -0.39 is 11.9 Å². The van der Waals surface area contributed by atoms with Crippen molar-refractivity contribution in [2.45, 2.75) is 32.4 Å². The van der Waals surface area contributed by atoms with Crippen LogP contribution in [-0.4, -0.2) is 35.8 Å². The number of benzene rings is 2. The van der Waals surface area contributed by atoms with Gasteiger partial charge in [0.25, 0.3) is 5.91 Å². The minimum Gasteiger partial charge on any atom is -0.455 e. The van der Waals surface area contributed by atoms with E-state index in [2.05, 4.69) is 5.32 Å². The zero-order valence-corrected chi connectivity index (χ0v) is 16.7. The molecule has 1 saturated heterocycles. The molecule has 2 amide bonds. The third-order valence-electron chi connectivity index (χ3n) is 5.26. The second-order valence-electron chi connectivity index (χ2n) is 7.34. The smallest absolute Gasteiger partial charge is 0.311 e. The van der Waals surface area contributed by atoms with Crippen LogP contribution in [-0.2, 0) is 19.1 Å². The highest BCUT2D eigenvalue weighted by Gasteiger charge is 2.38. The number of hydrogen-bond donors (Lipinski definition) is 1. The summed E-state index contributed by atoms with van der Waals surface area (Å²) in [4.78, 5) is 38.6. The third-order valence-corrected chi connectivity index (χ3v) is 5.26. The fourth-order valence-electron chi connectivity index (χ4n) is 3.54. The van der Waals surface area contributed by atoms with Crippen LogP contribution < -0.4 is 5.32 Å². The molecule has 29 heavy (non-hydrogen) atoms. The molecule has 1 aliphatic rings. The summed E-state index contributed by atoms with van der Waals surface area (Å²) in [5.41, 5.74) is 1.99. The number of esters is 1. The van der Waals surface area contributed by atoms with Gasteiger partial charge in [0.05, 0.1) is 18.0 Å². The Bertz CT molecular complexity index is 854. The Morgan fingerprint density at radius 3 is 2.24 bits per heavy atom. The van der Waals surface area contributed by atoms with Crippen molar-refractivity contribution in [3.05, 3.63) is 71.8 Å². The number of rotatable bonds is 7. The lowest BCUT2D eigenvalue weighted by molar-refractivity contribution is -0.152. The molecule has 1 aliphatic heterocycles. The second-order valence-corrected chi connectivity index (χ2v) is 7.34. The van der Waals surface area contributed by atoms with E-state index in [9.17, 15) is 14.4 Å². The number of nitrogens with one attached hydrogen (secondary N) is 1. The van der Waals surface area contributed by atoms with Crippen molar-refractivity contribution in [3.63, 3.8) is 0 Å². The Labute approximate surface area is 170 Å². The molecular weight excluding hydrogens is 368 g/mol. The summed E-state index contributed by atoms with van der Waals surface area (Å²) in [6.45, 7) is 3.76. The molecule has 1 N–H and O–H groups in total. The molecule has 0 saturated carbocycles. The number of ether oxygens (including phenoxy) is 1. The van der Waals surface area contributed by atoms with Crippen LogP contribution in [0.1, 0.15) is 43.5 Å². The van der Waals surface area contributed by atoms with Crippen molar-refractivity contribution >= 4 is 17.8 Å². The van der Waals surface area contributed by atoms with Gasteiger partial charge in [-0.3, -0.25) is 14.4 Å². The molecule has 1 fully saturated rings. The molecular formula is C23H26N2O4. The quantitative estimate of drug-likeness (QED) is 0.733. The largest absolute Gasteiger partial charge is 0.455 e. The van der Waals surface area contributed by atoms with Crippen molar-refractivity contribution in [2.24, 2.45) is 5.92 Å². The van der Waals surface area contributed by atoms with Crippen molar-refractivity contribution in [1.82, 2.24) is 10.2 Å². The van der Waals surface area contributed by atoms with E-state index in [4.69, 9.17) is 4.74 Å². The maximum Gasteiger partial charge on any atom is 0.311 e. The van der Waals surface area contributed by atoms with Crippen LogP contribution in [0.3, 0.4) is 0 Å². The SMILES string of the molecule is C[C@@H](NC(=O)COC(=O)[C@H]1CC(=O)N([C@@H](C)c2ccccc2)C1)c1ccccc1. The van der Waals surface area contributed by atoms with Crippen LogP contribution in [0, 0.1) is 5.92 Å². The molecule has 0 unspecified atom stereocenters. The molecule has 0 spiro atoms. The maximum atomic E-state index is 12.4. The lowest BCUT2D eigenvalue weighted by atomic mass is 10.1. The first-order valence-electron chi connectivity index (χ1n) is 9.81. The molecule has 3 rings (SSSR count). The van der Waals surface area contributed by atoms with Gasteiger partial charge in [-0.05, 0) is 25.0 Å². The third kappa shape index (κ3) is 5.22. The van der Waals surface area contributed by atoms with Crippen molar-refractivity contribution < 1.29 is 19.1 Å². The van der Waals surface area contributed by atoms with E-state index >= 15 is 0 Å². The van der Waals surface area contributed by atoms with E-state index in [1.54, 1.807) is 4.90 Å². The van der Waals surface area contributed by atoms with E-state index in [1.807, 2.05) is 74.5 Å². The molecule has 2 aromatic rings. The monoisotopic (exact) mass is 394 g/mol. The van der Waals surface area contributed by atoms with E-state index in [0.717, 1.165) is 11.1 Å². The molecule has 2 aromatic carbocycles. The Hall–Kier alpha value is -3.15. The average molecular weight is 394 g/mol. The number of carbonyl (C=O) groups is 3. The summed E-state index contributed by atoms with van der Waals surface area (Å²) in [7, 11) is 0. The average Bonchev–Trinajstić information content (AvgIpc) is 3.14. The summed E-state index contributed by atoms with van der Waals surface area (Å²) in [6, 6.07) is 18.9. The van der Waals surface area contributed by atoms with Gasteiger partial charge in [0.1, 0.15) is 0 Å². The maximum absolute atomic E-state index is 12.4. The Morgan fingerprint density at radius 1 is 1.03 bits per heavy atom. The lowest BCUT2D eigenvalue weighted by Crippen LogP contribution is -2.33. The van der Waals surface area contributed by atoms with Crippen LogP contribution in [0.15, 0.2) is 60.7 Å². The van der Waals surface area contributed by atoms with Gasteiger partial charge in [-0.2, -0.15) is 0 Å². The molecule has 0 bridgehead atoms. The topological polar surface area (TPSA) is 75.7 Å². The van der Waals surface area contributed by atoms with Gasteiger partial charge in [-0.25, -0.2) is 0 Å². The second kappa shape index (κ2) is 9.37.